The zero-order valence-electron chi connectivity index (χ0n) is 25.2. The lowest BCUT2D eigenvalue weighted by molar-refractivity contribution is -0.140. The molecule has 230 valence electrons. The van der Waals surface area contributed by atoms with Crippen molar-refractivity contribution in [1.82, 2.24) is 10.2 Å². The van der Waals surface area contributed by atoms with Gasteiger partial charge in [0.25, 0.3) is 10.0 Å². The van der Waals surface area contributed by atoms with Gasteiger partial charge in [0.15, 0.2) is 0 Å². The van der Waals surface area contributed by atoms with Crippen LogP contribution in [0.3, 0.4) is 0 Å². The van der Waals surface area contributed by atoms with Crippen LogP contribution in [0.25, 0.3) is 0 Å². The zero-order valence-corrected chi connectivity index (χ0v) is 27.6. The molecular formula is C35H38BrN3O4S. The Morgan fingerprint density at radius 2 is 1.41 bits per heavy atom. The number of anilines is 1. The third-order valence-electron chi connectivity index (χ3n) is 7.47. The summed E-state index contributed by atoms with van der Waals surface area (Å²) in [7, 11) is -4.13. The second-order valence-electron chi connectivity index (χ2n) is 10.8. The molecule has 2 unspecified atom stereocenters. The highest BCUT2D eigenvalue weighted by molar-refractivity contribution is 9.10. The summed E-state index contributed by atoms with van der Waals surface area (Å²) in [6, 6.07) is 31.1. The second-order valence-corrected chi connectivity index (χ2v) is 13.6. The Morgan fingerprint density at radius 1 is 0.818 bits per heavy atom. The van der Waals surface area contributed by atoms with Gasteiger partial charge in [-0.25, -0.2) is 8.42 Å². The summed E-state index contributed by atoms with van der Waals surface area (Å²) in [6.07, 6.45) is 0.993. The third kappa shape index (κ3) is 8.57. The lowest BCUT2D eigenvalue weighted by atomic mass is 10.0. The largest absolute Gasteiger partial charge is 0.352 e. The first-order valence-electron chi connectivity index (χ1n) is 14.6. The predicted molar refractivity (Wildman–Crippen MR) is 179 cm³/mol. The summed E-state index contributed by atoms with van der Waals surface area (Å²) in [4.78, 5) is 29.9. The zero-order chi connectivity index (χ0) is 31.7. The molecule has 7 nitrogen and oxygen atoms in total. The standard InChI is InChI=1S/C35H38BrN3O4S/c1-4-27(3)37-35(41)33(23-28-11-7-5-8-12-28)38(24-29-17-15-26(2)16-18-29)34(40)25-39(31-21-19-30(36)20-22-31)44(42,43)32-13-9-6-10-14-32/h5-22,27,33H,4,23-25H2,1-3H3,(H,37,41). The number of benzene rings is 4. The summed E-state index contributed by atoms with van der Waals surface area (Å²) in [5, 5.41) is 3.06. The second kappa shape index (κ2) is 15.2. The quantitative estimate of drug-likeness (QED) is 0.175. The molecule has 44 heavy (non-hydrogen) atoms. The first kappa shape index (κ1) is 33.0. The van der Waals surface area contributed by atoms with Crippen LogP contribution >= 0.6 is 15.9 Å². The Balaban J connectivity index is 1.79. The van der Waals surface area contributed by atoms with Crippen LogP contribution in [-0.2, 0) is 32.6 Å². The van der Waals surface area contributed by atoms with Crippen LogP contribution < -0.4 is 9.62 Å². The molecule has 2 atom stereocenters. The number of rotatable bonds is 13. The highest BCUT2D eigenvalue weighted by Crippen LogP contribution is 2.26. The first-order chi connectivity index (χ1) is 21.1. The maximum Gasteiger partial charge on any atom is 0.264 e. The van der Waals surface area contributed by atoms with Crippen LogP contribution in [0, 0.1) is 6.92 Å². The molecular weight excluding hydrogens is 638 g/mol. The van der Waals surface area contributed by atoms with Crippen LogP contribution in [0.5, 0.6) is 0 Å². The monoisotopic (exact) mass is 675 g/mol. The lowest BCUT2D eigenvalue weighted by Crippen LogP contribution is -2.54. The van der Waals surface area contributed by atoms with Crippen LogP contribution in [0.4, 0.5) is 5.69 Å². The van der Waals surface area contributed by atoms with E-state index in [4.69, 9.17) is 0 Å². The van der Waals surface area contributed by atoms with Crippen molar-refractivity contribution in [3.8, 4) is 0 Å². The molecule has 0 saturated heterocycles. The minimum absolute atomic E-state index is 0.0659. The Labute approximate surface area is 269 Å². The average molecular weight is 677 g/mol. The van der Waals surface area contributed by atoms with Gasteiger partial charge in [0.2, 0.25) is 11.8 Å². The van der Waals surface area contributed by atoms with Gasteiger partial charge in [-0.05, 0) is 67.8 Å². The van der Waals surface area contributed by atoms with Crippen molar-refractivity contribution in [2.45, 2.75) is 57.1 Å². The molecule has 9 heteroatoms. The highest BCUT2D eigenvalue weighted by atomic mass is 79.9. The smallest absolute Gasteiger partial charge is 0.264 e. The first-order valence-corrected chi connectivity index (χ1v) is 16.8. The van der Waals surface area contributed by atoms with Gasteiger partial charge < -0.3 is 10.2 Å². The molecule has 0 aliphatic heterocycles. The molecule has 4 aromatic carbocycles. The summed E-state index contributed by atoms with van der Waals surface area (Å²) < 4.78 is 29.9. The molecule has 0 aliphatic carbocycles. The van der Waals surface area contributed by atoms with Gasteiger partial charge in [0.1, 0.15) is 12.6 Å². The molecule has 0 aliphatic rings. The van der Waals surface area contributed by atoms with E-state index in [9.17, 15) is 18.0 Å². The lowest BCUT2D eigenvalue weighted by Gasteiger charge is -2.34. The van der Waals surface area contributed by atoms with Gasteiger partial charge in [-0.15, -0.1) is 0 Å². The molecule has 0 saturated carbocycles. The molecule has 4 aromatic rings. The Kier molecular flexibility index (Phi) is 11.4. The molecule has 0 fully saturated rings. The molecule has 0 heterocycles. The predicted octanol–water partition coefficient (Wildman–Crippen LogP) is 6.51. The number of sulfonamides is 1. The summed E-state index contributed by atoms with van der Waals surface area (Å²) in [5.74, 6) is -0.780. The molecule has 0 bridgehead atoms. The Bertz CT molecular complexity index is 1630. The number of aryl methyl sites for hydroxylation is 1. The summed E-state index contributed by atoms with van der Waals surface area (Å²) in [5.41, 5.74) is 3.13. The molecule has 4 rings (SSSR count). The number of hydrogen-bond acceptors (Lipinski definition) is 4. The van der Waals surface area contributed by atoms with Crippen LogP contribution in [0.1, 0.15) is 37.0 Å². The molecule has 1 N–H and O–H groups in total. The SMILES string of the molecule is CCC(C)NC(=O)C(Cc1ccccc1)N(Cc1ccc(C)cc1)C(=O)CN(c1ccc(Br)cc1)S(=O)(=O)c1ccccc1. The van der Waals surface area contributed by atoms with Gasteiger partial charge >= 0.3 is 0 Å². The number of amides is 2. The number of halogens is 1. The van der Waals surface area contributed by atoms with E-state index in [1.54, 1.807) is 42.5 Å². The Hall–Kier alpha value is -3.95. The number of hydrogen-bond donors (Lipinski definition) is 1. The number of nitrogens with zero attached hydrogens (tertiary/aromatic N) is 2. The fourth-order valence-corrected chi connectivity index (χ4v) is 6.44. The van der Waals surface area contributed by atoms with Crippen molar-refractivity contribution in [3.05, 3.63) is 130 Å². The molecule has 0 radical (unpaired) electrons. The van der Waals surface area contributed by atoms with Crippen molar-refractivity contribution in [2.24, 2.45) is 0 Å². The number of carbonyl (C=O) groups excluding carboxylic acids is 2. The van der Waals surface area contributed by atoms with E-state index in [2.05, 4.69) is 21.2 Å². The van der Waals surface area contributed by atoms with E-state index in [-0.39, 0.29) is 29.8 Å². The fourth-order valence-electron chi connectivity index (χ4n) is 4.74. The van der Waals surface area contributed by atoms with Gasteiger partial charge in [-0.2, -0.15) is 0 Å². The summed E-state index contributed by atoms with van der Waals surface area (Å²) in [6.45, 7) is 5.52. The van der Waals surface area contributed by atoms with Crippen molar-refractivity contribution in [2.75, 3.05) is 10.8 Å². The van der Waals surface area contributed by atoms with E-state index in [1.807, 2.05) is 75.4 Å². The van der Waals surface area contributed by atoms with Crippen LogP contribution in [-0.4, -0.2) is 43.8 Å². The maximum atomic E-state index is 14.5. The maximum absolute atomic E-state index is 14.5. The van der Waals surface area contributed by atoms with Crippen molar-refractivity contribution >= 4 is 43.5 Å². The van der Waals surface area contributed by atoms with Crippen molar-refractivity contribution < 1.29 is 18.0 Å². The molecule has 2 amide bonds. The summed E-state index contributed by atoms with van der Waals surface area (Å²) >= 11 is 3.41. The van der Waals surface area contributed by atoms with Gasteiger partial charge in [0, 0.05) is 23.5 Å². The topological polar surface area (TPSA) is 86.8 Å². The Morgan fingerprint density at radius 3 is 2.00 bits per heavy atom. The van der Waals surface area contributed by atoms with Crippen LogP contribution in [0.15, 0.2) is 119 Å². The van der Waals surface area contributed by atoms with E-state index in [0.29, 0.717) is 5.69 Å². The van der Waals surface area contributed by atoms with Gasteiger partial charge in [-0.3, -0.25) is 13.9 Å². The number of carbonyl (C=O) groups is 2. The minimum Gasteiger partial charge on any atom is -0.352 e. The molecule has 0 aromatic heterocycles. The third-order valence-corrected chi connectivity index (χ3v) is 9.79. The molecule has 0 spiro atoms. The van der Waals surface area contributed by atoms with Crippen molar-refractivity contribution in [1.29, 1.82) is 0 Å². The van der Waals surface area contributed by atoms with Gasteiger partial charge in [-0.1, -0.05) is 101 Å². The van der Waals surface area contributed by atoms with Gasteiger partial charge in [0.05, 0.1) is 10.6 Å². The minimum atomic E-state index is -4.13. The fraction of sp³-hybridized carbons (Fsp3) is 0.257. The van der Waals surface area contributed by atoms with E-state index < -0.39 is 28.5 Å². The number of nitrogens with one attached hydrogen (secondary N) is 1. The average Bonchev–Trinajstić information content (AvgIpc) is 3.03. The van der Waals surface area contributed by atoms with E-state index >= 15 is 0 Å². The van der Waals surface area contributed by atoms with Crippen molar-refractivity contribution in [3.63, 3.8) is 0 Å². The van der Waals surface area contributed by atoms with E-state index in [1.165, 1.54) is 17.0 Å². The van der Waals surface area contributed by atoms with E-state index in [0.717, 1.165) is 31.9 Å². The highest BCUT2D eigenvalue weighted by Gasteiger charge is 2.35. The normalized spacial score (nSPS) is 12.6. The van der Waals surface area contributed by atoms with Crippen LogP contribution in [0.2, 0.25) is 0 Å².